The summed E-state index contributed by atoms with van der Waals surface area (Å²) in [7, 11) is 1.79. The predicted molar refractivity (Wildman–Crippen MR) is 133 cm³/mol. The highest BCUT2D eigenvalue weighted by atomic mass is 32.2. The molecule has 34 heavy (non-hydrogen) atoms. The van der Waals surface area contributed by atoms with E-state index < -0.39 is 5.25 Å². The summed E-state index contributed by atoms with van der Waals surface area (Å²) in [6.45, 7) is 5.41. The second-order valence-electron chi connectivity index (χ2n) is 7.99. The summed E-state index contributed by atoms with van der Waals surface area (Å²) in [5, 5.41) is 8.22. The number of hydrogen-bond donors (Lipinski definition) is 1. The molecule has 1 amide bonds. The number of fused-ring (bicyclic) bond motifs is 3. The lowest BCUT2D eigenvalue weighted by atomic mass is 10.2. The fourth-order valence-corrected chi connectivity index (χ4v) is 4.72. The van der Waals surface area contributed by atoms with Crippen LogP contribution < -0.4 is 10.9 Å². The average Bonchev–Trinajstić information content (AvgIpc) is 3.33. The topological polar surface area (TPSA) is 99.1 Å². The van der Waals surface area contributed by atoms with Crippen molar-refractivity contribution >= 4 is 39.9 Å². The average molecular weight is 474 g/mol. The number of para-hydroxylation sites is 2. The summed E-state index contributed by atoms with van der Waals surface area (Å²) in [4.78, 5) is 35.5. The molecule has 2 aromatic carbocycles. The highest BCUT2D eigenvalue weighted by Crippen LogP contribution is 2.27. The first-order valence-corrected chi connectivity index (χ1v) is 11.7. The number of anilines is 1. The molecule has 0 saturated heterocycles. The van der Waals surface area contributed by atoms with Crippen LogP contribution in [-0.2, 0) is 11.8 Å². The number of amides is 1. The van der Waals surface area contributed by atoms with Crippen molar-refractivity contribution in [1.82, 2.24) is 28.9 Å². The normalized spacial score (nSPS) is 12.4. The molecule has 0 radical (unpaired) electrons. The molecule has 5 rings (SSSR count). The maximum Gasteiger partial charge on any atom is 0.295 e. The molecule has 0 aliphatic rings. The predicted octanol–water partition coefficient (Wildman–Crippen LogP) is 3.50. The molecule has 0 saturated carbocycles. The van der Waals surface area contributed by atoms with Gasteiger partial charge in [0.05, 0.1) is 22.1 Å². The third-order valence-corrected chi connectivity index (χ3v) is 6.75. The van der Waals surface area contributed by atoms with Gasteiger partial charge >= 0.3 is 0 Å². The van der Waals surface area contributed by atoms with Crippen molar-refractivity contribution in [2.24, 2.45) is 7.05 Å². The first kappa shape index (κ1) is 21.9. The number of aromatic nitrogens is 6. The van der Waals surface area contributed by atoms with Gasteiger partial charge in [-0.2, -0.15) is 4.52 Å². The van der Waals surface area contributed by atoms with Gasteiger partial charge in [-0.05, 0) is 45.0 Å². The molecule has 172 valence electrons. The van der Waals surface area contributed by atoms with Crippen LogP contribution in [0, 0.1) is 13.8 Å². The quantitative estimate of drug-likeness (QED) is 0.310. The van der Waals surface area contributed by atoms with Crippen LogP contribution in [-0.4, -0.2) is 40.1 Å². The summed E-state index contributed by atoms with van der Waals surface area (Å²) in [6.07, 6.45) is 0. The largest absolute Gasteiger partial charge is 0.319 e. The lowest BCUT2D eigenvalue weighted by Gasteiger charge is -2.12. The molecule has 10 heteroatoms. The molecule has 0 aliphatic carbocycles. The van der Waals surface area contributed by atoms with E-state index in [0.717, 1.165) is 16.6 Å². The van der Waals surface area contributed by atoms with Crippen LogP contribution in [0.1, 0.15) is 18.4 Å². The molecular weight excluding hydrogens is 450 g/mol. The zero-order chi connectivity index (χ0) is 24.0. The van der Waals surface area contributed by atoms with Crippen LogP contribution in [0.15, 0.2) is 64.5 Å². The van der Waals surface area contributed by atoms with Crippen molar-refractivity contribution in [2.75, 3.05) is 5.32 Å². The summed E-state index contributed by atoms with van der Waals surface area (Å²) >= 11 is 1.27. The van der Waals surface area contributed by atoms with Crippen LogP contribution in [0.3, 0.4) is 0 Å². The number of carbonyl (C=O) groups excluding carboxylic acids is 1. The SMILES string of the molecule is Cc1nc2c3ccccc3nc(S[C@@H](C)C(=O)Nc3c(C)n(C)n(-c4ccccc4)c3=O)n2n1. The Morgan fingerprint density at radius 3 is 2.50 bits per heavy atom. The highest BCUT2D eigenvalue weighted by molar-refractivity contribution is 8.00. The van der Waals surface area contributed by atoms with E-state index in [1.54, 1.807) is 30.1 Å². The van der Waals surface area contributed by atoms with E-state index in [1.165, 1.54) is 16.4 Å². The first-order chi connectivity index (χ1) is 16.3. The molecule has 9 nitrogen and oxygen atoms in total. The molecule has 5 aromatic rings. The Hall–Kier alpha value is -3.92. The lowest BCUT2D eigenvalue weighted by molar-refractivity contribution is -0.115. The van der Waals surface area contributed by atoms with E-state index in [1.807, 2.05) is 61.5 Å². The summed E-state index contributed by atoms with van der Waals surface area (Å²) in [6, 6.07) is 17.0. The van der Waals surface area contributed by atoms with Gasteiger partial charge < -0.3 is 5.32 Å². The van der Waals surface area contributed by atoms with Crippen molar-refractivity contribution in [3.05, 3.63) is 76.5 Å². The van der Waals surface area contributed by atoms with Crippen LogP contribution in [0.5, 0.6) is 0 Å². The Morgan fingerprint density at radius 1 is 1.03 bits per heavy atom. The number of benzene rings is 2. The Bertz CT molecular complexity index is 1600. The standard InChI is InChI=1S/C24H23N7O2S/c1-14-20(23(33)31(29(14)4)17-10-6-5-7-11-17)27-22(32)15(2)34-24-26-19-13-9-8-12-18(19)21-25-16(3)28-30(21)24/h5-13,15H,1-4H3,(H,27,32)/t15-/m0/s1. The van der Waals surface area contributed by atoms with Crippen LogP contribution in [0.2, 0.25) is 0 Å². The van der Waals surface area contributed by atoms with Crippen molar-refractivity contribution in [1.29, 1.82) is 0 Å². The smallest absolute Gasteiger partial charge is 0.295 e. The minimum atomic E-state index is -0.537. The number of hydrogen-bond acceptors (Lipinski definition) is 6. The fraction of sp³-hybridized carbons (Fsp3) is 0.208. The Kier molecular flexibility index (Phi) is 5.45. The first-order valence-electron chi connectivity index (χ1n) is 10.8. The number of nitrogens with one attached hydrogen (secondary N) is 1. The molecule has 1 atom stereocenters. The Labute approximate surface area is 199 Å². The molecule has 3 aromatic heterocycles. The van der Waals surface area contributed by atoms with Gasteiger partial charge in [-0.1, -0.05) is 42.1 Å². The number of nitrogens with zero attached hydrogens (tertiary/aromatic N) is 6. The number of thioether (sulfide) groups is 1. The Balaban J connectivity index is 1.45. The summed E-state index contributed by atoms with van der Waals surface area (Å²) < 4.78 is 4.94. The highest BCUT2D eigenvalue weighted by Gasteiger charge is 2.23. The van der Waals surface area contributed by atoms with E-state index in [4.69, 9.17) is 4.98 Å². The van der Waals surface area contributed by atoms with Gasteiger partial charge in [-0.25, -0.2) is 14.6 Å². The maximum atomic E-state index is 13.1. The van der Waals surface area contributed by atoms with E-state index in [0.29, 0.717) is 22.3 Å². The minimum absolute atomic E-state index is 0.261. The van der Waals surface area contributed by atoms with Gasteiger partial charge in [0.25, 0.3) is 5.56 Å². The third-order valence-electron chi connectivity index (χ3n) is 5.71. The Morgan fingerprint density at radius 2 is 1.74 bits per heavy atom. The molecule has 0 bridgehead atoms. The monoisotopic (exact) mass is 473 g/mol. The van der Waals surface area contributed by atoms with E-state index in [9.17, 15) is 9.59 Å². The molecule has 0 fully saturated rings. The summed E-state index contributed by atoms with van der Waals surface area (Å²) in [5.41, 5.74) is 2.85. The van der Waals surface area contributed by atoms with Gasteiger partial charge in [-0.15, -0.1) is 5.10 Å². The minimum Gasteiger partial charge on any atom is -0.319 e. The van der Waals surface area contributed by atoms with Gasteiger partial charge in [0.1, 0.15) is 11.5 Å². The van der Waals surface area contributed by atoms with Crippen LogP contribution in [0.25, 0.3) is 22.2 Å². The van der Waals surface area contributed by atoms with E-state index in [-0.39, 0.29) is 17.2 Å². The van der Waals surface area contributed by atoms with Crippen molar-refractivity contribution in [3.63, 3.8) is 0 Å². The summed E-state index contributed by atoms with van der Waals surface area (Å²) in [5.74, 6) is 0.328. The number of carbonyl (C=O) groups is 1. The van der Waals surface area contributed by atoms with Gasteiger partial charge in [0.2, 0.25) is 5.91 Å². The lowest BCUT2D eigenvalue weighted by Crippen LogP contribution is -2.27. The van der Waals surface area contributed by atoms with Crippen LogP contribution in [0.4, 0.5) is 5.69 Å². The second kappa shape index (κ2) is 8.45. The number of aryl methyl sites for hydroxylation is 1. The second-order valence-corrected chi connectivity index (χ2v) is 9.30. The molecule has 0 unspecified atom stereocenters. The van der Waals surface area contributed by atoms with Crippen molar-refractivity contribution in [2.45, 2.75) is 31.2 Å². The molecule has 0 aliphatic heterocycles. The molecular formula is C24H23N7O2S. The van der Waals surface area contributed by atoms with Crippen molar-refractivity contribution < 1.29 is 4.79 Å². The number of rotatable bonds is 5. The molecule has 0 spiro atoms. The zero-order valence-corrected chi connectivity index (χ0v) is 20.0. The fourth-order valence-electron chi connectivity index (χ4n) is 3.86. The van der Waals surface area contributed by atoms with E-state index >= 15 is 0 Å². The van der Waals surface area contributed by atoms with Gasteiger partial charge in [0.15, 0.2) is 10.8 Å². The van der Waals surface area contributed by atoms with Gasteiger partial charge in [0, 0.05) is 12.4 Å². The third kappa shape index (κ3) is 3.65. The van der Waals surface area contributed by atoms with Gasteiger partial charge in [-0.3, -0.25) is 14.3 Å². The maximum absolute atomic E-state index is 13.1. The van der Waals surface area contributed by atoms with Crippen LogP contribution >= 0.6 is 11.8 Å². The zero-order valence-electron chi connectivity index (χ0n) is 19.2. The molecule has 3 heterocycles. The molecule has 1 N–H and O–H groups in total. The van der Waals surface area contributed by atoms with E-state index in [2.05, 4.69) is 15.4 Å². The van der Waals surface area contributed by atoms with Crippen molar-refractivity contribution in [3.8, 4) is 5.69 Å².